The van der Waals surface area contributed by atoms with E-state index in [9.17, 15) is 44.7 Å². The van der Waals surface area contributed by atoms with Crippen LogP contribution in [0, 0.1) is 13.8 Å². The molecule has 0 aromatic heterocycles. The predicted octanol–water partition coefficient (Wildman–Crippen LogP) is 0.576. The number of aliphatic carboxylic acids is 1. The first-order chi connectivity index (χ1) is 25.6. The van der Waals surface area contributed by atoms with Crippen molar-refractivity contribution in [1.29, 1.82) is 0 Å². The Morgan fingerprint density at radius 2 is 1.74 bits per heavy atom. The minimum atomic E-state index is -2.04. The fraction of sp³-hybridized carbons (Fsp3) is 0.579. The average molecular weight is 756 g/mol. The van der Waals surface area contributed by atoms with Crippen LogP contribution in [0.1, 0.15) is 66.2 Å². The number of ether oxygens (including phenoxy) is 2. The van der Waals surface area contributed by atoms with Crippen LogP contribution in [0.3, 0.4) is 0 Å². The highest BCUT2D eigenvalue weighted by atomic mass is 16.6. The summed E-state index contributed by atoms with van der Waals surface area (Å²) in [6, 6.07) is 10.8. The van der Waals surface area contributed by atoms with E-state index in [0.717, 1.165) is 5.56 Å². The number of carboxylic acids is 1. The molecule has 2 aromatic carbocycles. The minimum absolute atomic E-state index is 0.0477. The molecular weight excluding hydrogens is 702 g/mol. The number of nitrogens with zero attached hydrogens (tertiary/aromatic N) is 2. The number of benzene rings is 2. The number of nitrogens with one attached hydrogen (secondary N) is 3. The van der Waals surface area contributed by atoms with Gasteiger partial charge in [0.25, 0.3) is 5.91 Å². The lowest BCUT2D eigenvalue weighted by Gasteiger charge is -2.49. The molecule has 0 radical (unpaired) electrons. The predicted molar refractivity (Wildman–Crippen MR) is 195 cm³/mol. The van der Waals surface area contributed by atoms with E-state index in [1.165, 1.54) is 19.1 Å². The molecule has 0 bridgehead atoms. The molecule has 0 aliphatic carbocycles. The number of aliphatic hydroxyl groups excluding tert-OH is 3. The van der Waals surface area contributed by atoms with Gasteiger partial charge in [-0.05, 0) is 56.0 Å². The van der Waals surface area contributed by atoms with Gasteiger partial charge < -0.3 is 55.9 Å². The molecule has 3 saturated heterocycles. The number of hydrogen-bond donors (Lipinski definition) is 8. The lowest BCUT2D eigenvalue weighted by atomic mass is 9.81. The van der Waals surface area contributed by atoms with Crippen LogP contribution in [-0.4, -0.2) is 147 Å². The number of morpholine rings is 1. The van der Waals surface area contributed by atoms with Gasteiger partial charge in [0.05, 0.1) is 43.0 Å². The molecule has 2 aromatic rings. The number of carbonyl (C=O) groups excluding carboxylic acids is 3. The molecular formula is C38H53N5O11. The summed E-state index contributed by atoms with van der Waals surface area (Å²) in [7, 11) is 0. The number of aryl methyl sites for hydroxylation is 2. The van der Waals surface area contributed by atoms with E-state index in [1.54, 1.807) is 18.7 Å². The lowest BCUT2D eigenvalue weighted by molar-refractivity contribution is -0.231. The summed E-state index contributed by atoms with van der Waals surface area (Å²) in [4.78, 5) is 55.2. The van der Waals surface area contributed by atoms with Crippen molar-refractivity contribution in [2.45, 2.75) is 94.6 Å². The van der Waals surface area contributed by atoms with Gasteiger partial charge in [0.15, 0.2) is 5.60 Å². The number of rotatable bonds is 12. The van der Waals surface area contributed by atoms with Crippen molar-refractivity contribution >= 4 is 23.8 Å². The third-order valence-corrected chi connectivity index (χ3v) is 11.0. The maximum absolute atomic E-state index is 13.3. The first kappa shape index (κ1) is 40.9. The van der Waals surface area contributed by atoms with Crippen molar-refractivity contribution in [3.8, 4) is 5.75 Å². The SMILES string of the molecule is CC(=O)N[C@H]1[C@H]([C@H](O)[C@H](O)CNC(=O)c2cc(C)c(O)c(C)c2)O[C@@](CCN2CCOC[C@@]23CCN(C(=O)N[C@H](C)c2ccccc2)C3)(C(=O)O)C[C@@H]1O. The third kappa shape index (κ3) is 8.96. The largest absolute Gasteiger partial charge is 0.507 e. The molecule has 3 aliphatic heterocycles. The van der Waals surface area contributed by atoms with Crippen LogP contribution in [0.2, 0.25) is 0 Å². The second-order valence-corrected chi connectivity index (χ2v) is 14.9. The molecule has 8 atom stereocenters. The van der Waals surface area contributed by atoms with E-state index < -0.39 is 72.3 Å². The Morgan fingerprint density at radius 1 is 1.06 bits per heavy atom. The molecule has 296 valence electrons. The highest BCUT2D eigenvalue weighted by molar-refractivity contribution is 5.95. The number of aliphatic hydroxyl groups is 3. The third-order valence-electron chi connectivity index (χ3n) is 11.0. The quantitative estimate of drug-likeness (QED) is 0.149. The summed E-state index contributed by atoms with van der Waals surface area (Å²) in [5.74, 6) is -2.52. The Morgan fingerprint density at radius 3 is 2.39 bits per heavy atom. The van der Waals surface area contributed by atoms with Crippen molar-refractivity contribution < 1.29 is 54.2 Å². The fourth-order valence-electron chi connectivity index (χ4n) is 7.83. The molecule has 8 N–H and O–H groups in total. The van der Waals surface area contributed by atoms with Gasteiger partial charge in [0.2, 0.25) is 5.91 Å². The Bertz CT molecular complexity index is 1660. The molecule has 5 rings (SSSR count). The zero-order chi connectivity index (χ0) is 39.4. The summed E-state index contributed by atoms with van der Waals surface area (Å²) in [5, 5.41) is 62.5. The fourth-order valence-corrected chi connectivity index (χ4v) is 7.83. The molecule has 16 heteroatoms. The van der Waals surface area contributed by atoms with Crippen LogP contribution in [0.25, 0.3) is 0 Å². The number of aromatic hydroxyl groups is 1. The van der Waals surface area contributed by atoms with Crippen molar-refractivity contribution in [3.63, 3.8) is 0 Å². The molecule has 3 aliphatic rings. The number of phenolic OH excluding ortho intramolecular Hbond substituents is 1. The Labute approximate surface area is 314 Å². The molecule has 3 fully saturated rings. The van der Waals surface area contributed by atoms with Crippen LogP contribution in [0.5, 0.6) is 5.75 Å². The summed E-state index contributed by atoms with van der Waals surface area (Å²) in [6.07, 6.45) is -6.61. The van der Waals surface area contributed by atoms with Gasteiger partial charge in [-0.25, -0.2) is 9.59 Å². The molecule has 1 spiro atoms. The van der Waals surface area contributed by atoms with Crippen molar-refractivity contribution in [1.82, 2.24) is 25.8 Å². The zero-order valence-corrected chi connectivity index (χ0v) is 31.2. The highest BCUT2D eigenvalue weighted by Crippen LogP contribution is 2.38. The van der Waals surface area contributed by atoms with E-state index in [-0.39, 0.29) is 36.4 Å². The number of hydrogen-bond acceptors (Lipinski definition) is 11. The Kier molecular flexibility index (Phi) is 12.9. The van der Waals surface area contributed by atoms with Crippen LogP contribution in [0.15, 0.2) is 42.5 Å². The first-order valence-electron chi connectivity index (χ1n) is 18.3. The standard InChI is InChI=1S/C38H53N5O11/c1-22-16-27(17-23(2)31(22)47)34(49)39-19-29(46)32(48)33-30(41-25(4)44)28(45)18-38(54-33,35(50)51)11-13-43-14-15-53-21-37(43)10-12-42(20-37)36(52)40-24(3)26-8-6-5-7-9-26/h5-9,16-17,24,28-30,32-33,45-48H,10-15,18-21H2,1-4H3,(H,39,49)(H,40,52)(H,41,44)(H,50,51)/t24-,28+,29-,30-,32-,33-,37+,38-/m1/s1. The van der Waals surface area contributed by atoms with E-state index in [2.05, 4.69) is 20.9 Å². The van der Waals surface area contributed by atoms with Gasteiger partial charge in [0.1, 0.15) is 18.0 Å². The van der Waals surface area contributed by atoms with Gasteiger partial charge in [-0.3, -0.25) is 14.5 Å². The van der Waals surface area contributed by atoms with E-state index in [4.69, 9.17) is 9.47 Å². The number of phenols is 1. The molecule has 0 unspecified atom stereocenters. The molecule has 0 saturated carbocycles. The van der Waals surface area contributed by atoms with Crippen LogP contribution in [0.4, 0.5) is 4.79 Å². The van der Waals surface area contributed by atoms with Crippen LogP contribution in [-0.2, 0) is 19.1 Å². The van der Waals surface area contributed by atoms with Crippen molar-refractivity contribution in [2.75, 3.05) is 45.9 Å². The van der Waals surface area contributed by atoms with Crippen LogP contribution < -0.4 is 16.0 Å². The smallest absolute Gasteiger partial charge is 0.336 e. The maximum Gasteiger partial charge on any atom is 0.336 e. The highest BCUT2D eigenvalue weighted by Gasteiger charge is 2.55. The normalized spacial score (nSPS) is 27.5. The summed E-state index contributed by atoms with van der Waals surface area (Å²) >= 11 is 0. The molecule has 54 heavy (non-hydrogen) atoms. The average Bonchev–Trinajstić information content (AvgIpc) is 3.57. The van der Waals surface area contributed by atoms with E-state index in [0.29, 0.717) is 50.4 Å². The number of likely N-dealkylation sites (tertiary alicyclic amines) is 1. The second kappa shape index (κ2) is 17.0. The second-order valence-electron chi connectivity index (χ2n) is 14.9. The van der Waals surface area contributed by atoms with E-state index in [1.807, 2.05) is 37.3 Å². The molecule has 16 nitrogen and oxygen atoms in total. The number of carboxylic acid groups (broad SMARTS) is 1. The number of urea groups is 1. The number of carbonyl (C=O) groups is 4. The van der Waals surface area contributed by atoms with E-state index >= 15 is 0 Å². The molecule has 4 amide bonds. The van der Waals surface area contributed by atoms with Gasteiger partial charge in [0, 0.05) is 58.1 Å². The summed E-state index contributed by atoms with van der Waals surface area (Å²) in [6.45, 7) is 8.03. The Balaban J connectivity index is 1.28. The summed E-state index contributed by atoms with van der Waals surface area (Å²) in [5.41, 5.74) is -0.509. The summed E-state index contributed by atoms with van der Waals surface area (Å²) < 4.78 is 12.0. The lowest BCUT2D eigenvalue weighted by Crippen LogP contribution is -2.68. The van der Waals surface area contributed by atoms with Gasteiger partial charge in [-0.1, -0.05) is 30.3 Å². The van der Waals surface area contributed by atoms with Gasteiger partial charge in [-0.2, -0.15) is 0 Å². The zero-order valence-electron chi connectivity index (χ0n) is 31.2. The topological polar surface area (TPSA) is 230 Å². The van der Waals surface area contributed by atoms with Gasteiger partial charge in [-0.15, -0.1) is 0 Å². The van der Waals surface area contributed by atoms with Gasteiger partial charge >= 0.3 is 12.0 Å². The Hall–Kier alpha value is -4.32. The number of amides is 4. The van der Waals surface area contributed by atoms with Crippen molar-refractivity contribution in [3.05, 3.63) is 64.7 Å². The maximum atomic E-state index is 13.3. The minimum Gasteiger partial charge on any atom is -0.507 e. The first-order valence-corrected chi connectivity index (χ1v) is 18.3. The van der Waals surface area contributed by atoms with Crippen LogP contribution >= 0.6 is 0 Å². The van der Waals surface area contributed by atoms with Crippen molar-refractivity contribution in [2.24, 2.45) is 0 Å². The molecule has 3 heterocycles. The monoisotopic (exact) mass is 755 g/mol.